The van der Waals surface area contributed by atoms with Gasteiger partial charge in [-0.3, -0.25) is 0 Å². The minimum atomic E-state index is -7.30. The van der Waals surface area contributed by atoms with E-state index in [4.69, 9.17) is 28.8 Å². The molecular formula is H24O31Si11. The summed E-state index contributed by atoms with van der Waals surface area (Å²) in [4.78, 5) is 225. The van der Waals surface area contributed by atoms with E-state index in [1.807, 2.05) is 0 Å². The Morgan fingerprint density at radius 3 is 0.833 bits per heavy atom. The summed E-state index contributed by atoms with van der Waals surface area (Å²) in [6, 6.07) is 0. The summed E-state index contributed by atoms with van der Waals surface area (Å²) in [5.74, 6) is 0. The zero-order valence-corrected chi connectivity index (χ0v) is 30.1. The molecule has 0 fully saturated rings. The molecular weight excluding hydrogens is 805 g/mol. The number of hydrogen-bond donors (Lipinski definition) is 24. The van der Waals surface area contributed by atoms with Gasteiger partial charge in [-0.05, 0) is 0 Å². The third kappa shape index (κ3) is 13.5. The van der Waals surface area contributed by atoms with Gasteiger partial charge >= 0.3 is 95.2 Å². The first-order valence-corrected chi connectivity index (χ1v) is 31.4. The molecule has 0 aliphatic heterocycles. The lowest BCUT2D eigenvalue weighted by Crippen LogP contribution is -2.87. The monoisotopic (exact) mass is 828 g/mol. The van der Waals surface area contributed by atoms with Crippen molar-refractivity contribution in [1.29, 1.82) is 0 Å². The quantitative estimate of drug-likeness (QED) is 0.0605. The molecule has 0 aromatic rings. The first kappa shape index (κ1) is 43.1. The molecule has 0 saturated heterocycles. The maximum atomic E-state index is 10.3. The van der Waals surface area contributed by atoms with Crippen molar-refractivity contribution < 1.29 is 144 Å². The summed E-state index contributed by atoms with van der Waals surface area (Å²) in [6.07, 6.45) is 0. The molecule has 0 saturated carbocycles. The van der Waals surface area contributed by atoms with Crippen molar-refractivity contribution in [2.45, 2.75) is 0 Å². The highest BCUT2D eigenvalue weighted by molar-refractivity contribution is 7.56. The van der Waals surface area contributed by atoms with Gasteiger partial charge in [-0.15, -0.1) is 0 Å². The fraction of sp³-hybridized carbons (Fsp3) is 0. The zero-order chi connectivity index (χ0) is 34.4. The van der Waals surface area contributed by atoms with E-state index in [1.165, 1.54) is 0 Å². The van der Waals surface area contributed by atoms with Crippen LogP contribution >= 0.6 is 0 Å². The summed E-state index contributed by atoms with van der Waals surface area (Å²) >= 11 is 0. The molecule has 1 atom stereocenters. The molecule has 31 nitrogen and oxygen atoms in total. The molecule has 24 N–H and O–H groups in total. The molecule has 0 spiro atoms. The average Bonchev–Trinajstić information content (AvgIpc) is 2.50. The van der Waals surface area contributed by atoms with Gasteiger partial charge < -0.3 is 144 Å². The van der Waals surface area contributed by atoms with Crippen LogP contribution in [-0.4, -0.2) is 210 Å². The third-order valence-electron chi connectivity index (χ3n) is 3.23. The van der Waals surface area contributed by atoms with Crippen LogP contribution in [0.2, 0.25) is 0 Å². The predicted molar refractivity (Wildman–Crippen MR) is 124 cm³/mol. The van der Waals surface area contributed by atoms with E-state index in [-0.39, 0.29) is 0 Å². The van der Waals surface area contributed by atoms with Gasteiger partial charge in [-0.1, -0.05) is 0 Å². The lowest BCUT2D eigenvalue weighted by atomic mass is 15.6. The second-order valence-corrected chi connectivity index (χ2v) is 39.2. The van der Waals surface area contributed by atoms with Gasteiger partial charge in [0.05, 0.1) is 0 Å². The lowest BCUT2D eigenvalue weighted by molar-refractivity contribution is -0.0102. The zero-order valence-electron chi connectivity index (χ0n) is 19.1. The number of hydrogen-bond acceptors (Lipinski definition) is 31. The molecule has 42 heteroatoms. The van der Waals surface area contributed by atoms with Gasteiger partial charge in [0.2, 0.25) is 0 Å². The van der Waals surface area contributed by atoms with Crippen molar-refractivity contribution in [1.82, 2.24) is 0 Å². The average molecular weight is 829 g/mol. The minimum absolute atomic E-state index is 3.38. The van der Waals surface area contributed by atoms with Crippen LogP contribution in [0.5, 0.6) is 0 Å². The van der Waals surface area contributed by atoms with E-state index >= 15 is 0 Å². The highest BCUT2D eigenvalue weighted by Crippen LogP contribution is 2.28. The Morgan fingerprint density at radius 2 is 0.500 bits per heavy atom. The Balaban J connectivity index is 6.23. The van der Waals surface area contributed by atoms with Crippen LogP contribution in [0, 0.1) is 0 Å². The summed E-state index contributed by atoms with van der Waals surface area (Å²) in [7, 11) is -73.8. The lowest BCUT2D eigenvalue weighted by Gasteiger charge is -2.39. The third-order valence-corrected chi connectivity index (χ3v) is 39.6. The molecule has 0 aliphatic rings. The molecule has 0 rings (SSSR count). The Hall–Kier alpha value is 1.15. The predicted octanol–water partition coefficient (Wildman–Crippen LogP) is -18.0. The van der Waals surface area contributed by atoms with Gasteiger partial charge in [-0.25, -0.2) is 0 Å². The Labute approximate surface area is 238 Å². The maximum Gasteiger partial charge on any atom is 0.665 e. The molecule has 254 valence electrons. The van der Waals surface area contributed by atoms with Crippen LogP contribution in [0.25, 0.3) is 0 Å². The topological polar surface area (TPSA) is 550 Å². The van der Waals surface area contributed by atoms with Crippen LogP contribution in [0.15, 0.2) is 0 Å². The molecule has 0 heterocycles. The molecule has 0 aromatic carbocycles. The standard InChI is InChI=1S/H24O31Si11/c1-32(2,3)25-35(10,11)27-36(12,13)28-37(14,15)30-41(22,23)42(24,34(7,8)9)31-38(16,17)29-40(20,21)39(18,19)26-33(4,5)6/h1-24H. The van der Waals surface area contributed by atoms with E-state index in [0.29, 0.717) is 0 Å². The largest absolute Gasteiger partial charge is 0.665 e. The van der Waals surface area contributed by atoms with Gasteiger partial charge in [0.15, 0.2) is 0 Å². The molecule has 42 heavy (non-hydrogen) atoms. The fourth-order valence-electron chi connectivity index (χ4n) is 1.92. The van der Waals surface area contributed by atoms with Crippen molar-refractivity contribution in [2.75, 3.05) is 0 Å². The SMILES string of the molecule is O[Si](O)(O)O[Si](O)(O)O[Si](O)(O)O[Si](O)(O)O[Si](O)(O)[Si](O)(O[Si](O)(O)O[Si](O)(O)[Si](O)(O)O[Si](O)(O)O)[Si](O)(O)O. The Morgan fingerprint density at radius 1 is 0.238 bits per heavy atom. The van der Waals surface area contributed by atoms with Gasteiger partial charge in [0.1, 0.15) is 0 Å². The van der Waals surface area contributed by atoms with E-state index in [1.54, 1.807) is 0 Å². The number of rotatable bonds is 17. The first-order chi connectivity index (χ1) is 17.7. The van der Waals surface area contributed by atoms with E-state index < -0.39 is 95.2 Å². The van der Waals surface area contributed by atoms with Crippen LogP contribution in [0.1, 0.15) is 0 Å². The van der Waals surface area contributed by atoms with Crippen LogP contribution < -0.4 is 0 Å². The van der Waals surface area contributed by atoms with Gasteiger partial charge in [0, 0.05) is 0 Å². The van der Waals surface area contributed by atoms with Crippen molar-refractivity contribution in [3.8, 4) is 0 Å². The van der Waals surface area contributed by atoms with E-state index in [9.17, 15) is 86.3 Å². The molecule has 0 amide bonds. The van der Waals surface area contributed by atoms with Crippen LogP contribution in [0.4, 0.5) is 0 Å². The van der Waals surface area contributed by atoms with Crippen LogP contribution in [0.3, 0.4) is 0 Å². The van der Waals surface area contributed by atoms with E-state index in [0.717, 1.165) is 0 Å². The molecule has 0 radical (unpaired) electrons. The summed E-state index contributed by atoms with van der Waals surface area (Å²) in [5.41, 5.74) is 0. The fourth-order valence-corrected chi connectivity index (χ4v) is 36.2. The second kappa shape index (κ2) is 13.0. The molecule has 0 aliphatic carbocycles. The Kier molecular flexibility index (Phi) is 13.3. The highest BCUT2D eigenvalue weighted by atomic mass is 29.7. The van der Waals surface area contributed by atoms with Gasteiger partial charge in [0.25, 0.3) is 0 Å². The second-order valence-electron chi connectivity index (χ2n) is 7.16. The van der Waals surface area contributed by atoms with Crippen molar-refractivity contribution >= 4 is 95.2 Å². The molecule has 0 bridgehead atoms. The maximum absolute atomic E-state index is 10.3. The van der Waals surface area contributed by atoms with Gasteiger partial charge in [-0.2, -0.15) is 0 Å². The smallest absolute Gasteiger partial charge is 0.406 e. The van der Waals surface area contributed by atoms with Crippen molar-refractivity contribution in [2.24, 2.45) is 0 Å². The first-order valence-electron chi connectivity index (χ1n) is 8.97. The molecule has 0 aromatic heterocycles. The van der Waals surface area contributed by atoms with Crippen LogP contribution in [-0.2, 0) is 28.8 Å². The highest BCUT2D eigenvalue weighted by Gasteiger charge is 2.84. The summed E-state index contributed by atoms with van der Waals surface area (Å²) < 4.78 is 24.8. The normalized spacial score (nSPS) is 17.4. The Bertz CT molecular complexity index is 882. The summed E-state index contributed by atoms with van der Waals surface area (Å²) in [5, 5.41) is 0. The molecule has 1 unspecified atom stereocenters. The minimum Gasteiger partial charge on any atom is -0.406 e. The van der Waals surface area contributed by atoms with Crippen molar-refractivity contribution in [3.63, 3.8) is 0 Å². The van der Waals surface area contributed by atoms with Crippen molar-refractivity contribution in [3.05, 3.63) is 0 Å². The van der Waals surface area contributed by atoms with E-state index in [2.05, 4.69) is 28.8 Å². The summed E-state index contributed by atoms with van der Waals surface area (Å²) in [6.45, 7) is 0.